The van der Waals surface area contributed by atoms with Gasteiger partial charge < -0.3 is 0 Å². The number of hydrogen-bond acceptors (Lipinski definition) is 5. The monoisotopic (exact) mass is 432 g/mol. The van der Waals surface area contributed by atoms with Crippen LogP contribution < -0.4 is 0 Å². The molecule has 0 radical (unpaired) electrons. The van der Waals surface area contributed by atoms with Crippen LogP contribution >= 0.6 is 34.5 Å². The summed E-state index contributed by atoms with van der Waals surface area (Å²) >= 11 is 14.1. The second-order valence-electron chi connectivity index (χ2n) is 6.53. The molecule has 0 saturated heterocycles. The molecule has 1 aromatic carbocycles. The summed E-state index contributed by atoms with van der Waals surface area (Å²) in [5.41, 5.74) is 2.77. The Labute approximate surface area is 176 Å². The largest absolute Gasteiger partial charge is 0.268 e. The summed E-state index contributed by atoms with van der Waals surface area (Å²) in [6.45, 7) is 4.56. The van der Waals surface area contributed by atoms with Gasteiger partial charge in [0.1, 0.15) is 16.1 Å². The molecule has 1 unspecified atom stereocenters. The van der Waals surface area contributed by atoms with Crippen molar-refractivity contribution < 1.29 is 0 Å². The van der Waals surface area contributed by atoms with E-state index in [4.69, 9.17) is 23.2 Å². The van der Waals surface area contributed by atoms with Gasteiger partial charge in [-0.1, -0.05) is 40.6 Å². The molecule has 0 fully saturated rings. The van der Waals surface area contributed by atoms with E-state index in [2.05, 4.69) is 27.3 Å². The van der Waals surface area contributed by atoms with E-state index in [1.54, 1.807) is 11.3 Å². The Bertz CT molecular complexity index is 1080. The minimum Gasteiger partial charge on any atom is -0.268 e. The molecule has 144 valence electrons. The molecule has 0 bridgehead atoms. The van der Waals surface area contributed by atoms with Crippen LogP contribution in [0.1, 0.15) is 39.9 Å². The lowest BCUT2D eigenvalue weighted by atomic mass is 10.2. The van der Waals surface area contributed by atoms with E-state index in [-0.39, 0.29) is 6.04 Å². The molecule has 0 amide bonds. The van der Waals surface area contributed by atoms with Gasteiger partial charge in [-0.25, -0.2) is 0 Å². The van der Waals surface area contributed by atoms with Gasteiger partial charge in [0.05, 0.1) is 17.9 Å². The summed E-state index contributed by atoms with van der Waals surface area (Å²) in [5, 5.41) is 20.9. The molecule has 28 heavy (non-hydrogen) atoms. The van der Waals surface area contributed by atoms with E-state index in [1.807, 2.05) is 59.0 Å². The highest BCUT2D eigenvalue weighted by Crippen LogP contribution is 2.25. The van der Waals surface area contributed by atoms with Crippen molar-refractivity contribution in [2.45, 2.75) is 32.9 Å². The number of hydrogen-bond donors (Lipinski definition) is 0. The van der Waals surface area contributed by atoms with Crippen LogP contribution in [0.4, 0.5) is 0 Å². The highest BCUT2D eigenvalue weighted by molar-refractivity contribution is 7.11. The van der Waals surface area contributed by atoms with Gasteiger partial charge in [-0.2, -0.15) is 10.2 Å². The lowest BCUT2D eigenvalue weighted by Crippen LogP contribution is -2.07. The number of rotatable bonds is 6. The Hall–Kier alpha value is -2.22. The molecule has 0 aliphatic carbocycles. The molecule has 4 aromatic rings. The Kier molecular flexibility index (Phi) is 5.48. The fourth-order valence-corrected chi connectivity index (χ4v) is 4.28. The zero-order valence-corrected chi connectivity index (χ0v) is 17.7. The molecule has 4 rings (SSSR count). The molecule has 0 saturated carbocycles. The highest BCUT2D eigenvalue weighted by Gasteiger charge is 2.15. The quantitative estimate of drug-likeness (QED) is 0.439. The molecule has 0 N–H and O–H groups in total. The first kappa shape index (κ1) is 19.1. The summed E-state index contributed by atoms with van der Waals surface area (Å²) in [5.74, 6) is 0. The fourth-order valence-electron chi connectivity index (χ4n) is 2.86. The Balaban J connectivity index is 1.45. The topological polar surface area (TPSA) is 61.4 Å². The lowest BCUT2D eigenvalue weighted by Gasteiger charge is -2.07. The zero-order valence-electron chi connectivity index (χ0n) is 15.4. The van der Waals surface area contributed by atoms with E-state index in [1.165, 1.54) is 0 Å². The molecule has 6 nitrogen and oxygen atoms in total. The van der Waals surface area contributed by atoms with Crippen molar-refractivity contribution in [1.29, 1.82) is 0 Å². The minimum atomic E-state index is 0.0554. The van der Waals surface area contributed by atoms with Gasteiger partial charge in [0.2, 0.25) is 0 Å². The Morgan fingerprint density at radius 3 is 2.54 bits per heavy atom. The summed E-state index contributed by atoms with van der Waals surface area (Å²) in [6, 6.07) is 9.51. The van der Waals surface area contributed by atoms with Crippen LogP contribution in [0.15, 0.2) is 42.7 Å². The van der Waals surface area contributed by atoms with Crippen molar-refractivity contribution in [2.75, 3.05) is 0 Å². The average Bonchev–Trinajstić information content (AvgIpc) is 3.40. The smallest absolute Gasteiger partial charge is 0.141 e. The highest BCUT2D eigenvalue weighted by atomic mass is 35.5. The Morgan fingerprint density at radius 2 is 1.82 bits per heavy atom. The van der Waals surface area contributed by atoms with Crippen LogP contribution in [-0.4, -0.2) is 29.8 Å². The van der Waals surface area contributed by atoms with Crippen LogP contribution in [0.5, 0.6) is 0 Å². The second kappa shape index (κ2) is 8.03. The predicted octanol–water partition coefficient (Wildman–Crippen LogP) is 4.79. The summed E-state index contributed by atoms with van der Waals surface area (Å²) < 4.78 is 3.74. The van der Waals surface area contributed by atoms with Gasteiger partial charge in [0.25, 0.3) is 0 Å². The fraction of sp³-hybridized carbons (Fsp3) is 0.263. The second-order valence-corrected chi connectivity index (χ2v) is 8.44. The van der Waals surface area contributed by atoms with Gasteiger partial charge in [-0.05, 0) is 38.1 Å². The van der Waals surface area contributed by atoms with Crippen molar-refractivity contribution in [2.24, 2.45) is 0 Å². The SMILES string of the molecule is Cc1ccn(C(C)c2nnc(Cc3ccn(Cc4c(Cl)cccc4Cl)n3)s2)n1. The average molecular weight is 433 g/mol. The number of aromatic nitrogens is 6. The van der Waals surface area contributed by atoms with Gasteiger partial charge >= 0.3 is 0 Å². The third-order valence-electron chi connectivity index (χ3n) is 4.39. The van der Waals surface area contributed by atoms with Gasteiger partial charge in [-0.15, -0.1) is 10.2 Å². The van der Waals surface area contributed by atoms with E-state index >= 15 is 0 Å². The predicted molar refractivity (Wildman–Crippen MR) is 111 cm³/mol. The van der Waals surface area contributed by atoms with Crippen LogP contribution in [0.2, 0.25) is 10.0 Å². The summed E-state index contributed by atoms with van der Waals surface area (Å²) in [6.07, 6.45) is 4.51. The molecule has 3 heterocycles. The van der Waals surface area contributed by atoms with Gasteiger partial charge in [0.15, 0.2) is 0 Å². The van der Waals surface area contributed by atoms with Gasteiger partial charge in [0, 0.05) is 34.4 Å². The van der Waals surface area contributed by atoms with Crippen LogP contribution in [0, 0.1) is 6.92 Å². The van der Waals surface area contributed by atoms with Crippen molar-refractivity contribution in [3.8, 4) is 0 Å². The molecule has 1 atom stereocenters. The first-order chi connectivity index (χ1) is 13.5. The lowest BCUT2D eigenvalue weighted by molar-refractivity contribution is 0.553. The maximum Gasteiger partial charge on any atom is 0.141 e. The van der Waals surface area contributed by atoms with E-state index in [0.717, 1.165) is 27.0 Å². The van der Waals surface area contributed by atoms with E-state index in [0.29, 0.717) is 23.0 Å². The molecule has 0 spiro atoms. The van der Waals surface area contributed by atoms with Crippen molar-refractivity contribution in [3.05, 3.63) is 79.7 Å². The van der Waals surface area contributed by atoms with Crippen LogP contribution in [0.25, 0.3) is 0 Å². The van der Waals surface area contributed by atoms with Crippen molar-refractivity contribution in [1.82, 2.24) is 29.8 Å². The molecule has 3 aromatic heterocycles. The number of nitrogens with zero attached hydrogens (tertiary/aromatic N) is 6. The minimum absolute atomic E-state index is 0.0554. The maximum absolute atomic E-state index is 6.25. The summed E-state index contributed by atoms with van der Waals surface area (Å²) in [4.78, 5) is 0. The van der Waals surface area contributed by atoms with Crippen molar-refractivity contribution >= 4 is 34.5 Å². The van der Waals surface area contributed by atoms with Gasteiger partial charge in [-0.3, -0.25) is 9.36 Å². The van der Waals surface area contributed by atoms with Crippen LogP contribution in [0.3, 0.4) is 0 Å². The normalized spacial score (nSPS) is 12.4. The molecule has 0 aliphatic heterocycles. The molecular weight excluding hydrogens is 415 g/mol. The summed E-state index contributed by atoms with van der Waals surface area (Å²) in [7, 11) is 0. The maximum atomic E-state index is 6.25. The van der Waals surface area contributed by atoms with Crippen molar-refractivity contribution in [3.63, 3.8) is 0 Å². The number of benzene rings is 1. The van der Waals surface area contributed by atoms with E-state index < -0.39 is 0 Å². The van der Waals surface area contributed by atoms with Crippen LogP contribution in [-0.2, 0) is 13.0 Å². The third kappa shape index (κ3) is 4.11. The first-order valence-corrected chi connectivity index (χ1v) is 10.4. The standard InChI is InChI=1S/C19H18Cl2N6S/c1-12-6-9-27(24-12)13(2)19-23-22-18(28-19)10-14-7-8-26(25-14)11-15-16(20)4-3-5-17(15)21/h3-9,13H,10-11H2,1-2H3. The molecule has 9 heteroatoms. The third-order valence-corrected chi connectivity index (χ3v) is 6.19. The Morgan fingerprint density at radius 1 is 1.04 bits per heavy atom. The zero-order chi connectivity index (χ0) is 19.7. The first-order valence-electron chi connectivity index (χ1n) is 8.79. The number of aryl methyl sites for hydroxylation is 1. The number of halogens is 2. The molecule has 0 aliphatic rings. The molecular formula is C19H18Cl2N6S. The van der Waals surface area contributed by atoms with E-state index in [9.17, 15) is 0 Å².